The van der Waals surface area contributed by atoms with Crippen LogP contribution in [0.3, 0.4) is 0 Å². The van der Waals surface area contributed by atoms with Crippen molar-refractivity contribution in [2.75, 3.05) is 20.2 Å². The molecule has 2 N–H and O–H groups in total. The Morgan fingerprint density at radius 2 is 2.06 bits per heavy atom. The summed E-state index contributed by atoms with van der Waals surface area (Å²) in [7, 11) is 1.32. The summed E-state index contributed by atoms with van der Waals surface area (Å²) in [6.07, 6.45) is -2.29. The first kappa shape index (κ1) is 15.2. The van der Waals surface area contributed by atoms with E-state index in [0.717, 1.165) is 24.2 Å². The van der Waals surface area contributed by atoms with Gasteiger partial charge in [0.05, 0.1) is 6.10 Å². The first-order valence-electron chi connectivity index (χ1n) is 5.89. The monoisotopic (exact) mass is 268 g/mol. The summed E-state index contributed by atoms with van der Waals surface area (Å²) in [5, 5.41) is 0. The third-order valence-electron chi connectivity index (χ3n) is 3.13. The summed E-state index contributed by atoms with van der Waals surface area (Å²) in [5.41, 5.74) is 2.24. The van der Waals surface area contributed by atoms with Gasteiger partial charge < -0.3 is 15.4 Å². The Morgan fingerprint density at radius 1 is 1.44 bits per heavy atom. The number of alkyl halides is 3. The normalized spacial score (nSPS) is 24.4. The molecule has 1 heterocycles. The molecule has 0 aromatic rings. The lowest BCUT2D eigenvalue weighted by Gasteiger charge is -2.33. The van der Waals surface area contributed by atoms with Gasteiger partial charge in [-0.3, -0.25) is 4.79 Å². The van der Waals surface area contributed by atoms with Crippen LogP contribution in [0.1, 0.15) is 26.2 Å². The fourth-order valence-corrected chi connectivity index (χ4v) is 1.86. The molecule has 106 valence electrons. The quantitative estimate of drug-likeness (QED) is 0.839. The Hall–Kier alpha value is -0.820. The molecular formula is C11H19F3N2O2. The third kappa shape index (κ3) is 3.35. The maximum Gasteiger partial charge on any atom is 0.415 e. The molecule has 0 aromatic carbocycles. The number of carbonyl (C=O) groups is 1. The van der Waals surface area contributed by atoms with Crippen molar-refractivity contribution in [3.8, 4) is 0 Å². The highest BCUT2D eigenvalue weighted by atomic mass is 19.4. The van der Waals surface area contributed by atoms with Crippen molar-refractivity contribution in [1.29, 1.82) is 0 Å². The van der Waals surface area contributed by atoms with Crippen LogP contribution in [0.2, 0.25) is 0 Å². The molecule has 1 amide bonds. The molecule has 1 rings (SSSR count). The second kappa shape index (κ2) is 5.44. The van der Waals surface area contributed by atoms with Crippen molar-refractivity contribution in [2.45, 2.75) is 44.0 Å². The van der Waals surface area contributed by atoms with Crippen molar-refractivity contribution in [3.63, 3.8) is 0 Å². The van der Waals surface area contributed by atoms with E-state index in [9.17, 15) is 18.0 Å². The third-order valence-corrected chi connectivity index (χ3v) is 3.13. The summed E-state index contributed by atoms with van der Waals surface area (Å²) in [5.74, 6) is -1.14. The molecule has 0 bridgehead atoms. The molecule has 18 heavy (non-hydrogen) atoms. The molecule has 1 saturated heterocycles. The lowest BCUT2D eigenvalue weighted by molar-refractivity contribution is -0.193. The highest BCUT2D eigenvalue weighted by Gasteiger charge is 2.55. The van der Waals surface area contributed by atoms with Gasteiger partial charge >= 0.3 is 6.18 Å². The number of nitrogens with zero attached hydrogens (tertiary/aromatic N) is 1. The zero-order valence-corrected chi connectivity index (χ0v) is 10.6. The fraction of sp³-hybridized carbons (Fsp3) is 0.909. The molecule has 2 atom stereocenters. The fourth-order valence-electron chi connectivity index (χ4n) is 1.86. The van der Waals surface area contributed by atoms with E-state index in [-0.39, 0.29) is 12.6 Å². The predicted octanol–water partition coefficient (Wildman–Crippen LogP) is 1.29. The molecule has 1 aliphatic heterocycles. The number of amides is 1. The number of hydrogen-bond donors (Lipinski definition) is 1. The zero-order chi connectivity index (χ0) is 14.0. The highest BCUT2D eigenvalue weighted by Crippen LogP contribution is 2.29. The van der Waals surface area contributed by atoms with Crippen molar-refractivity contribution in [3.05, 3.63) is 0 Å². The Kier molecular flexibility index (Phi) is 4.61. The lowest BCUT2D eigenvalue weighted by atomic mass is 10.0. The van der Waals surface area contributed by atoms with E-state index in [1.54, 1.807) is 0 Å². The van der Waals surface area contributed by atoms with E-state index >= 15 is 0 Å². The molecule has 1 fully saturated rings. The first-order chi connectivity index (χ1) is 8.16. The Labute approximate surface area is 104 Å². The smallest absolute Gasteiger partial charge is 0.376 e. The van der Waals surface area contributed by atoms with Gasteiger partial charge in [-0.1, -0.05) is 0 Å². The Balaban J connectivity index is 2.60. The minimum Gasteiger partial charge on any atom is -0.376 e. The topological polar surface area (TPSA) is 55.6 Å². The van der Waals surface area contributed by atoms with Crippen molar-refractivity contribution in [1.82, 2.24) is 4.90 Å². The van der Waals surface area contributed by atoms with Crippen LogP contribution in [0.25, 0.3) is 0 Å². The van der Waals surface area contributed by atoms with Crippen LogP contribution in [-0.2, 0) is 9.53 Å². The van der Waals surface area contributed by atoms with Gasteiger partial charge in [0.2, 0.25) is 0 Å². The van der Waals surface area contributed by atoms with Crippen LogP contribution >= 0.6 is 0 Å². The number of hydrogen-bond acceptors (Lipinski definition) is 3. The van der Waals surface area contributed by atoms with Crippen LogP contribution in [0.4, 0.5) is 13.2 Å². The molecule has 0 spiro atoms. The molecule has 0 radical (unpaired) electrons. The molecule has 0 saturated carbocycles. The van der Waals surface area contributed by atoms with Gasteiger partial charge in [0.25, 0.3) is 5.91 Å². The second-order valence-electron chi connectivity index (χ2n) is 4.87. The maximum absolute atomic E-state index is 12.6. The summed E-state index contributed by atoms with van der Waals surface area (Å²) in [4.78, 5) is 12.7. The van der Waals surface area contributed by atoms with E-state index in [4.69, 9.17) is 10.5 Å². The lowest BCUT2D eigenvalue weighted by Crippen LogP contribution is -2.62. The van der Waals surface area contributed by atoms with Gasteiger partial charge in [-0.25, -0.2) is 0 Å². The first-order valence-corrected chi connectivity index (χ1v) is 5.89. The van der Waals surface area contributed by atoms with Gasteiger partial charge in [0, 0.05) is 20.2 Å². The van der Waals surface area contributed by atoms with E-state index in [1.165, 1.54) is 7.05 Å². The number of halogens is 3. The Bertz CT molecular complexity index is 299. The average molecular weight is 268 g/mol. The molecule has 2 unspecified atom stereocenters. The standard InChI is InChI=1S/C11H19F3N2O2/c1-10(15,11(12,13)14)9(17)16(2)7-8-5-3-4-6-18-8/h8H,3-7,15H2,1-2H3. The van der Waals surface area contributed by atoms with Crippen molar-refractivity contribution < 1.29 is 22.7 Å². The minimum absolute atomic E-state index is 0.141. The van der Waals surface area contributed by atoms with Crippen LogP contribution in [0.15, 0.2) is 0 Å². The van der Waals surface area contributed by atoms with E-state index < -0.39 is 17.6 Å². The van der Waals surface area contributed by atoms with Crippen molar-refractivity contribution in [2.24, 2.45) is 5.73 Å². The second-order valence-corrected chi connectivity index (χ2v) is 4.87. The maximum atomic E-state index is 12.6. The minimum atomic E-state index is -4.76. The molecule has 1 aliphatic rings. The predicted molar refractivity (Wildman–Crippen MR) is 59.9 cm³/mol. The van der Waals surface area contributed by atoms with Gasteiger partial charge in [0.15, 0.2) is 5.54 Å². The van der Waals surface area contributed by atoms with E-state index in [2.05, 4.69) is 0 Å². The molecule has 0 aliphatic carbocycles. The SMILES string of the molecule is CN(CC1CCCCO1)C(=O)C(C)(N)C(F)(F)F. The number of ether oxygens (including phenoxy) is 1. The molecule has 7 heteroatoms. The van der Waals surface area contributed by atoms with Gasteiger partial charge in [0.1, 0.15) is 0 Å². The number of likely N-dealkylation sites (N-methyl/N-ethyl adjacent to an activating group) is 1. The van der Waals surface area contributed by atoms with Crippen LogP contribution in [-0.4, -0.2) is 48.8 Å². The summed E-state index contributed by atoms with van der Waals surface area (Å²) in [6, 6.07) is 0. The van der Waals surface area contributed by atoms with Crippen LogP contribution < -0.4 is 5.73 Å². The summed E-state index contributed by atoms with van der Waals surface area (Å²) >= 11 is 0. The molecule has 0 aromatic heterocycles. The van der Waals surface area contributed by atoms with Crippen LogP contribution in [0.5, 0.6) is 0 Å². The van der Waals surface area contributed by atoms with Gasteiger partial charge in [-0.05, 0) is 26.2 Å². The van der Waals surface area contributed by atoms with E-state index in [1.807, 2.05) is 0 Å². The van der Waals surface area contributed by atoms with Gasteiger partial charge in [-0.2, -0.15) is 13.2 Å². The molecule has 4 nitrogen and oxygen atoms in total. The Morgan fingerprint density at radius 3 is 2.50 bits per heavy atom. The van der Waals surface area contributed by atoms with Gasteiger partial charge in [-0.15, -0.1) is 0 Å². The number of rotatable bonds is 3. The molecular weight excluding hydrogens is 249 g/mol. The zero-order valence-electron chi connectivity index (χ0n) is 10.6. The largest absolute Gasteiger partial charge is 0.415 e. The highest BCUT2D eigenvalue weighted by molar-refractivity contribution is 5.86. The summed E-state index contributed by atoms with van der Waals surface area (Å²) < 4.78 is 43.2. The average Bonchev–Trinajstić information content (AvgIpc) is 2.27. The summed E-state index contributed by atoms with van der Waals surface area (Å²) in [6.45, 7) is 1.42. The van der Waals surface area contributed by atoms with Crippen molar-refractivity contribution >= 4 is 5.91 Å². The van der Waals surface area contributed by atoms with Crippen LogP contribution in [0, 0.1) is 0 Å². The van der Waals surface area contributed by atoms with E-state index in [0.29, 0.717) is 13.5 Å². The number of nitrogens with two attached hydrogens (primary N) is 1. The number of carbonyl (C=O) groups excluding carboxylic acids is 1.